The summed E-state index contributed by atoms with van der Waals surface area (Å²) in [4.78, 5) is 12.8. The highest BCUT2D eigenvalue weighted by molar-refractivity contribution is 7.89. The highest BCUT2D eigenvalue weighted by Gasteiger charge is 2.27. The molecule has 156 valence electrons. The van der Waals surface area contributed by atoms with Crippen LogP contribution in [0.4, 0.5) is 5.69 Å². The first-order valence-corrected chi connectivity index (χ1v) is 11.2. The molecule has 8 nitrogen and oxygen atoms in total. The SMILES string of the molecule is C[C@@H](Oc1nncc2ccccc12)C(=O)Nc1ccc(S(=O)(=O)N2CCCC2)cc1. The summed E-state index contributed by atoms with van der Waals surface area (Å²) >= 11 is 0. The summed E-state index contributed by atoms with van der Waals surface area (Å²) in [7, 11) is -3.48. The van der Waals surface area contributed by atoms with E-state index in [2.05, 4.69) is 15.5 Å². The second-order valence-electron chi connectivity index (χ2n) is 7.12. The van der Waals surface area contributed by atoms with Crippen LogP contribution in [0.15, 0.2) is 59.6 Å². The Morgan fingerprint density at radius 2 is 1.80 bits per heavy atom. The van der Waals surface area contributed by atoms with Gasteiger partial charge in [-0.05, 0) is 50.1 Å². The van der Waals surface area contributed by atoms with Gasteiger partial charge in [-0.15, -0.1) is 5.10 Å². The number of benzene rings is 2. The Bertz CT molecular complexity index is 1150. The standard InChI is InChI=1S/C21H22N4O4S/c1-15(29-21-19-7-3-2-6-16(19)14-22-24-21)20(26)23-17-8-10-18(11-9-17)30(27,28)25-12-4-5-13-25/h2-3,6-11,14-15H,4-5,12-13H2,1H3,(H,23,26)/t15-/m1/s1. The average molecular weight is 426 g/mol. The molecule has 1 aliphatic rings. The Labute approximate surface area is 174 Å². The van der Waals surface area contributed by atoms with Gasteiger partial charge in [-0.25, -0.2) is 8.42 Å². The van der Waals surface area contributed by atoms with E-state index in [1.54, 1.807) is 25.3 Å². The van der Waals surface area contributed by atoms with E-state index >= 15 is 0 Å². The van der Waals surface area contributed by atoms with Gasteiger partial charge in [0.25, 0.3) is 5.91 Å². The number of carbonyl (C=O) groups is 1. The number of nitrogens with one attached hydrogen (secondary N) is 1. The van der Waals surface area contributed by atoms with Crippen LogP contribution in [0, 0.1) is 0 Å². The number of hydrogen-bond donors (Lipinski definition) is 1. The molecule has 1 amide bonds. The fraction of sp³-hybridized carbons (Fsp3) is 0.286. The number of ether oxygens (including phenoxy) is 1. The molecule has 0 saturated carbocycles. The summed E-state index contributed by atoms with van der Waals surface area (Å²) in [6, 6.07) is 13.6. The van der Waals surface area contributed by atoms with Gasteiger partial charge in [0.2, 0.25) is 15.9 Å². The molecular formula is C21H22N4O4S. The van der Waals surface area contributed by atoms with E-state index in [9.17, 15) is 13.2 Å². The third-order valence-electron chi connectivity index (χ3n) is 5.02. The van der Waals surface area contributed by atoms with Gasteiger partial charge in [-0.1, -0.05) is 18.2 Å². The van der Waals surface area contributed by atoms with Crippen molar-refractivity contribution in [2.45, 2.75) is 30.8 Å². The van der Waals surface area contributed by atoms with Gasteiger partial charge in [-0.3, -0.25) is 4.79 Å². The van der Waals surface area contributed by atoms with Gasteiger partial charge < -0.3 is 10.1 Å². The summed E-state index contributed by atoms with van der Waals surface area (Å²) < 4.78 is 32.4. The van der Waals surface area contributed by atoms with Crippen LogP contribution in [-0.2, 0) is 14.8 Å². The molecule has 30 heavy (non-hydrogen) atoms. The predicted molar refractivity (Wildman–Crippen MR) is 113 cm³/mol. The number of rotatable bonds is 6. The number of aromatic nitrogens is 2. The van der Waals surface area contributed by atoms with E-state index in [1.807, 2.05) is 24.3 Å². The van der Waals surface area contributed by atoms with E-state index in [0.717, 1.165) is 23.6 Å². The minimum absolute atomic E-state index is 0.220. The summed E-state index contributed by atoms with van der Waals surface area (Å²) in [6.45, 7) is 2.71. The highest BCUT2D eigenvalue weighted by atomic mass is 32.2. The molecule has 0 radical (unpaired) electrons. The lowest BCUT2D eigenvalue weighted by Crippen LogP contribution is -2.30. The molecule has 1 N–H and O–H groups in total. The van der Waals surface area contributed by atoms with Gasteiger partial charge in [-0.2, -0.15) is 9.40 Å². The van der Waals surface area contributed by atoms with Crippen molar-refractivity contribution >= 4 is 32.4 Å². The molecule has 2 aromatic carbocycles. The smallest absolute Gasteiger partial charge is 0.265 e. The largest absolute Gasteiger partial charge is 0.463 e. The third kappa shape index (κ3) is 4.12. The zero-order valence-electron chi connectivity index (χ0n) is 16.5. The first-order valence-electron chi connectivity index (χ1n) is 9.73. The molecule has 1 fully saturated rings. The zero-order chi connectivity index (χ0) is 21.1. The molecule has 1 aliphatic heterocycles. The van der Waals surface area contributed by atoms with Crippen LogP contribution in [0.3, 0.4) is 0 Å². The van der Waals surface area contributed by atoms with Crippen molar-refractivity contribution < 1.29 is 17.9 Å². The molecule has 0 spiro atoms. The first-order chi connectivity index (χ1) is 14.4. The topological polar surface area (TPSA) is 101 Å². The molecule has 0 bridgehead atoms. The molecule has 0 aliphatic carbocycles. The molecule has 4 rings (SSSR count). The number of amides is 1. The maximum absolute atomic E-state index is 12.6. The Morgan fingerprint density at radius 1 is 1.10 bits per heavy atom. The minimum Gasteiger partial charge on any atom is -0.463 e. The normalized spacial score (nSPS) is 15.8. The number of hydrogen-bond acceptors (Lipinski definition) is 6. The van der Waals surface area contributed by atoms with Crippen LogP contribution >= 0.6 is 0 Å². The van der Waals surface area contributed by atoms with E-state index in [0.29, 0.717) is 18.8 Å². The number of sulfonamides is 1. The van der Waals surface area contributed by atoms with Crippen LogP contribution in [0.2, 0.25) is 0 Å². The quantitative estimate of drug-likeness (QED) is 0.650. The number of anilines is 1. The number of nitrogens with zero attached hydrogens (tertiary/aromatic N) is 3. The van der Waals surface area contributed by atoms with Crippen LogP contribution < -0.4 is 10.1 Å². The van der Waals surface area contributed by atoms with Crippen molar-refractivity contribution in [2.75, 3.05) is 18.4 Å². The minimum atomic E-state index is -3.48. The second-order valence-corrected chi connectivity index (χ2v) is 9.06. The highest BCUT2D eigenvalue weighted by Crippen LogP contribution is 2.24. The van der Waals surface area contributed by atoms with Crippen molar-refractivity contribution in [2.24, 2.45) is 0 Å². The maximum Gasteiger partial charge on any atom is 0.265 e. The zero-order valence-corrected chi connectivity index (χ0v) is 17.3. The van der Waals surface area contributed by atoms with Gasteiger partial charge in [0.1, 0.15) is 0 Å². The van der Waals surface area contributed by atoms with Gasteiger partial charge in [0.15, 0.2) is 6.10 Å². The van der Waals surface area contributed by atoms with Crippen molar-refractivity contribution in [3.63, 3.8) is 0 Å². The maximum atomic E-state index is 12.6. The first kappa shape index (κ1) is 20.2. The van der Waals surface area contributed by atoms with Crippen molar-refractivity contribution in [1.82, 2.24) is 14.5 Å². The Hall–Kier alpha value is -3.04. The van der Waals surface area contributed by atoms with Gasteiger partial charge in [0.05, 0.1) is 11.1 Å². The summed E-state index contributed by atoms with van der Waals surface area (Å²) in [5.41, 5.74) is 0.486. The summed E-state index contributed by atoms with van der Waals surface area (Å²) in [6.07, 6.45) is 2.57. The predicted octanol–water partition coefficient (Wildman–Crippen LogP) is 2.82. The lowest BCUT2D eigenvalue weighted by Gasteiger charge is -2.17. The molecule has 2 heterocycles. The van der Waals surface area contributed by atoms with Crippen LogP contribution in [0.25, 0.3) is 10.8 Å². The molecule has 9 heteroatoms. The lowest BCUT2D eigenvalue weighted by molar-refractivity contribution is -0.122. The average Bonchev–Trinajstić information content (AvgIpc) is 3.30. The van der Waals surface area contributed by atoms with E-state index < -0.39 is 16.1 Å². The Kier molecular flexibility index (Phi) is 5.65. The van der Waals surface area contributed by atoms with E-state index in [-0.39, 0.29) is 16.7 Å². The summed E-state index contributed by atoms with van der Waals surface area (Å²) in [5.74, 6) is -0.0947. The van der Waals surface area contributed by atoms with Crippen LogP contribution in [0.1, 0.15) is 19.8 Å². The molecule has 0 unspecified atom stereocenters. The molecule has 1 aromatic heterocycles. The molecule has 3 aromatic rings. The monoisotopic (exact) mass is 426 g/mol. The van der Waals surface area contributed by atoms with E-state index in [4.69, 9.17) is 4.74 Å². The van der Waals surface area contributed by atoms with E-state index in [1.165, 1.54) is 16.4 Å². The van der Waals surface area contributed by atoms with Gasteiger partial charge >= 0.3 is 0 Å². The van der Waals surface area contributed by atoms with Crippen molar-refractivity contribution in [3.05, 3.63) is 54.7 Å². The van der Waals surface area contributed by atoms with Gasteiger partial charge in [0, 0.05) is 29.5 Å². The number of fused-ring (bicyclic) bond motifs is 1. The second kappa shape index (κ2) is 8.37. The molecular weight excluding hydrogens is 404 g/mol. The van der Waals surface area contributed by atoms with Crippen molar-refractivity contribution in [1.29, 1.82) is 0 Å². The fourth-order valence-corrected chi connectivity index (χ4v) is 4.86. The Morgan fingerprint density at radius 3 is 2.53 bits per heavy atom. The van der Waals surface area contributed by atoms with Crippen molar-refractivity contribution in [3.8, 4) is 5.88 Å². The number of carbonyl (C=O) groups excluding carboxylic acids is 1. The van der Waals surface area contributed by atoms with Crippen LogP contribution in [-0.4, -0.2) is 48.0 Å². The Balaban J connectivity index is 1.43. The fourth-order valence-electron chi connectivity index (χ4n) is 3.34. The molecule has 1 saturated heterocycles. The molecule has 1 atom stereocenters. The third-order valence-corrected chi connectivity index (χ3v) is 6.93. The van der Waals surface area contributed by atoms with Crippen LogP contribution in [0.5, 0.6) is 5.88 Å². The summed E-state index contributed by atoms with van der Waals surface area (Å²) in [5, 5.41) is 12.3. The lowest BCUT2D eigenvalue weighted by atomic mass is 10.2.